The van der Waals surface area contributed by atoms with E-state index in [0.29, 0.717) is 0 Å². The molecule has 3 aromatic rings. The zero-order valence-electron chi connectivity index (χ0n) is 13.9. The number of allylic oxidation sites excluding steroid dienone is 2. The first-order valence-corrected chi connectivity index (χ1v) is 8.47. The highest BCUT2D eigenvalue weighted by Gasteiger charge is 1.98. The lowest BCUT2D eigenvalue weighted by molar-refractivity contribution is 0.763. The van der Waals surface area contributed by atoms with Crippen molar-refractivity contribution >= 4 is 16.8 Å². The highest BCUT2D eigenvalue weighted by molar-refractivity contribution is 5.85. The van der Waals surface area contributed by atoms with E-state index in [1.54, 1.807) is 0 Å². The Kier molecular flexibility index (Phi) is 5.99. The van der Waals surface area contributed by atoms with Crippen LogP contribution < -0.4 is 5.32 Å². The lowest BCUT2D eigenvalue weighted by Crippen LogP contribution is -2.12. The topological polar surface area (TPSA) is 12.0 Å². The third kappa shape index (κ3) is 4.68. The molecule has 24 heavy (non-hydrogen) atoms. The fourth-order valence-electron chi connectivity index (χ4n) is 2.76. The number of hydrogen-bond donors (Lipinski definition) is 1. The van der Waals surface area contributed by atoms with Crippen LogP contribution in [0.25, 0.3) is 16.8 Å². The summed E-state index contributed by atoms with van der Waals surface area (Å²) in [5.74, 6) is 0. The van der Waals surface area contributed by atoms with Crippen LogP contribution in [0.4, 0.5) is 0 Å². The molecular weight excluding hydrogens is 290 g/mol. The Labute approximate surface area is 144 Å². The second-order valence-electron chi connectivity index (χ2n) is 5.79. The Morgan fingerprint density at radius 2 is 1.50 bits per heavy atom. The summed E-state index contributed by atoms with van der Waals surface area (Å²) in [4.78, 5) is 0. The average molecular weight is 313 g/mol. The molecule has 0 spiro atoms. The summed E-state index contributed by atoms with van der Waals surface area (Å²) in [5, 5.41) is 6.13. The maximum Gasteiger partial charge on any atom is 0.0214 e. The van der Waals surface area contributed by atoms with Crippen molar-refractivity contribution in [3.05, 3.63) is 102 Å². The largest absolute Gasteiger partial charge is 0.309 e. The van der Waals surface area contributed by atoms with Crippen molar-refractivity contribution in [3.63, 3.8) is 0 Å². The van der Waals surface area contributed by atoms with Crippen LogP contribution >= 0.6 is 0 Å². The molecule has 0 aromatic heterocycles. The van der Waals surface area contributed by atoms with Gasteiger partial charge in [-0.3, -0.25) is 0 Å². The molecule has 0 aliphatic rings. The minimum atomic E-state index is 0.891. The third-order valence-electron chi connectivity index (χ3n) is 4.01. The molecular formula is C23H23N. The number of rotatable bonds is 7. The van der Waals surface area contributed by atoms with E-state index < -0.39 is 0 Å². The summed E-state index contributed by atoms with van der Waals surface area (Å²) in [7, 11) is 0. The average Bonchev–Trinajstić information content (AvgIpc) is 2.65. The van der Waals surface area contributed by atoms with Gasteiger partial charge in [-0.1, -0.05) is 97.1 Å². The summed E-state index contributed by atoms with van der Waals surface area (Å²) in [6.07, 6.45) is 9.71. The quantitative estimate of drug-likeness (QED) is 0.443. The van der Waals surface area contributed by atoms with Gasteiger partial charge in [-0.15, -0.1) is 0 Å². The van der Waals surface area contributed by atoms with Crippen LogP contribution in [0.3, 0.4) is 0 Å². The number of benzene rings is 3. The van der Waals surface area contributed by atoms with Gasteiger partial charge in [0.2, 0.25) is 0 Å². The first kappa shape index (κ1) is 16.2. The van der Waals surface area contributed by atoms with Crippen molar-refractivity contribution < 1.29 is 0 Å². The van der Waals surface area contributed by atoms with Gasteiger partial charge in [-0.25, -0.2) is 0 Å². The third-order valence-corrected chi connectivity index (χ3v) is 4.01. The van der Waals surface area contributed by atoms with Gasteiger partial charge in [0.1, 0.15) is 0 Å². The minimum Gasteiger partial charge on any atom is -0.309 e. The standard InChI is InChI=1S/C23H23N/c1(4-11-20-12-5-3-6-13-20)2-9-18-24-19-22-16-10-15-21-14-7-8-17-23(21)22/h2-17,24H,1,18-19H2. The molecule has 0 aliphatic carbocycles. The Morgan fingerprint density at radius 1 is 0.708 bits per heavy atom. The summed E-state index contributed by atoms with van der Waals surface area (Å²) < 4.78 is 0. The molecule has 3 rings (SSSR count). The lowest BCUT2D eigenvalue weighted by Gasteiger charge is -2.06. The van der Waals surface area contributed by atoms with Gasteiger partial charge in [0.05, 0.1) is 0 Å². The molecule has 0 amide bonds. The number of hydrogen-bond acceptors (Lipinski definition) is 1. The van der Waals surface area contributed by atoms with Crippen LogP contribution in [0.15, 0.2) is 91.0 Å². The fourth-order valence-corrected chi connectivity index (χ4v) is 2.76. The van der Waals surface area contributed by atoms with E-state index in [9.17, 15) is 0 Å². The van der Waals surface area contributed by atoms with Crippen molar-refractivity contribution in [3.8, 4) is 0 Å². The van der Waals surface area contributed by atoms with Crippen LogP contribution in [-0.4, -0.2) is 6.54 Å². The summed E-state index contributed by atoms with van der Waals surface area (Å²) in [6.45, 7) is 1.79. The zero-order valence-corrected chi connectivity index (χ0v) is 13.9. The minimum absolute atomic E-state index is 0.891. The Balaban J connectivity index is 1.43. The van der Waals surface area contributed by atoms with Crippen LogP contribution in [-0.2, 0) is 6.54 Å². The molecule has 0 atom stereocenters. The van der Waals surface area contributed by atoms with E-state index in [4.69, 9.17) is 0 Å². The van der Waals surface area contributed by atoms with Gasteiger partial charge in [0.25, 0.3) is 0 Å². The molecule has 0 saturated heterocycles. The van der Waals surface area contributed by atoms with Gasteiger partial charge in [0, 0.05) is 13.1 Å². The first-order chi connectivity index (χ1) is 11.9. The summed E-state index contributed by atoms with van der Waals surface area (Å²) in [6, 6.07) is 25.4. The molecule has 0 aliphatic heterocycles. The molecule has 0 radical (unpaired) electrons. The van der Waals surface area contributed by atoms with E-state index in [2.05, 4.69) is 96.4 Å². The van der Waals surface area contributed by atoms with Gasteiger partial charge in [-0.2, -0.15) is 0 Å². The molecule has 120 valence electrons. The Morgan fingerprint density at radius 3 is 2.42 bits per heavy atom. The van der Waals surface area contributed by atoms with E-state index in [0.717, 1.165) is 19.5 Å². The van der Waals surface area contributed by atoms with Crippen LogP contribution in [0.5, 0.6) is 0 Å². The smallest absolute Gasteiger partial charge is 0.0214 e. The van der Waals surface area contributed by atoms with Crippen molar-refractivity contribution in [1.29, 1.82) is 0 Å². The normalized spacial score (nSPS) is 11.7. The van der Waals surface area contributed by atoms with Crippen molar-refractivity contribution in [2.45, 2.75) is 13.0 Å². The predicted octanol–water partition coefficient (Wildman–Crippen LogP) is 5.59. The molecule has 3 aromatic carbocycles. The van der Waals surface area contributed by atoms with Gasteiger partial charge < -0.3 is 5.32 Å². The monoisotopic (exact) mass is 313 g/mol. The van der Waals surface area contributed by atoms with Crippen LogP contribution in [0, 0.1) is 0 Å². The van der Waals surface area contributed by atoms with E-state index in [1.807, 2.05) is 6.07 Å². The highest BCUT2D eigenvalue weighted by atomic mass is 14.8. The molecule has 0 saturated carbocycles. The molecule has 0 unspecified atom stereocenters. The van der Waals surface area contributed by atoms with Gasteiger partial charge >= 0.3 is 0 Å². The Bertz CT molecular complexity index is 810. The first-order valence-electron chi connectivity index (χ1n) is 8.47. The highest BCUT2D eigenvalue weighted by Crippen LogP contribution is 2.18. The van der Waals surface area contributed by atoms with Crippen LogP contribution in [0.1, 0.15) is 17.5 Å². The molecule has 1 nitrogen and oxygen atoms in total. The maximum atomic E-state index is 3.49. The molecule has 0 fully saturated rings. The van der Waals surface area contributed by atoms with Gasteiger partial charge in [0.15, 0.2) is 0 Å². The fraction of sp³-hybridized carbons (Fsp3) is 0.130. The van der Waals surface area contributed by atoms with E-state index in [1.165, 1.54) is 21.9 Å². The maximum absolute atomic E-state index is 3.49. The second-order valence-corrected chi connectivity index (χ2v) is 5.79. The van der Waals surface area contributed by atoms with Crippen molar-refractivity contribution in [1.82, 2.24) is 5.32 Å². The summed E-state index contributed by atoms with van der Waals surface area (Å²) >= 11 is 0. The van der Waals surface area contributed by atoms with E-state index in [-0.39, 0.29) is 0 Å². The molecule has 0 heterocycles. The zero-order chi connectivity index (χ0) is 16.5. The van der Waals surface area contributed by atoms with Crippen LogP contribution in [0.2, 0.25) is 0 Å². The SMILES string of the molecule is C(=CCNCc1cccc2ccccc12)CC=Cc1ccccc1. The summed E-state index contributed by atoms with van der Waals surface area (Å²) in [5.41, 5.74) is 2.60. The molecule has 0 bridgehead atoms. The molecule has 1 heteroatoms. The van der Waals surface area contributed by atoms with Crippen molar-refractivity contribution in [2.24, 2.45) is 0 Å². The van der Waals surface area contributed by atoms with E-state index >= 15 is 0 Å². The predicted molar refractivity (Wildman–Crippen MR) is 105 cm³/mol. The van der Waals surface area contributed by atoms with Crippen molar-refractivity contribution in [2.75, 3.05) is 6.54 Å². The Hall–Kier alpha value is -2.64. The second kappa shape index (κ2) is 8.85. The van der Waals surface area contributed by atoms with Gasteiger partial charge in [-0.05, 0) is 28.3 Å². The molecule has 1 N–H and O–H groups in total. The number of nitrogens with one attached hydrogen (secondary N) is 1. The number of fused-ring (bicyclic) bond motifs is 1. The lowest BCUT2D eigenvalue weighted by atomic mass is 10.0.